The van der Waals surface area contributed by atoms with Crippen molar-refractivity contribution in [2.45, 2.75) is 78.0 Å². The van der Waals surface area contributed by atoms with Gasteiger partial charge in [0.1, 0.15) is 11.2 Å². The Bertz CT molecular complexity index is 2100. The van der Waals surface area contributed by atoms with Crippen molar-refractivity contribution in [3.05, 3.63) is 90.1 Å². The lowest BCUT2D eigenvalue weighted by Crippen LogP contribution is -2.34. The SMILES string of the molecule is [2H]C([2H])([2H])c1cnc(-c2cccc3c2oc2cc4c(ccc5ccccc54)cc23)cc1C1([2H])CCC2(CCC(C)(C)CC2)CC1. The third-order valence-corrected chi connectivity index (χ3v) is 10.5. The Balaban J connectivity index is 1.23. The van der Waals surface area contributed by atoms with Gasteiger partial charge in [0.15, 0.2) is 0 Å². The van der Waals surface area contributed by atoms with E-state index in [2.05, 4.69) is 68.4 Å². The molecule has 2 aromatic heterocycles. The van der Waals surface area contributed by atoms with Gasteiger partial charge in [0.05, 0.1) is 5.69 Å². The summed E-state index contributed by atoms with van der Waals surface area (Å²) >= 11 is 0. The Morgan fingerprint density at radius 1 is 0.780 bits per heavy atom. The summed E-state index contributed by atoms with van der Waals surface area (Å²) in [7, 11) is 0. The lowest BCUT2D eigenvalue weighted by Gasteiger charge is -2.47. The highest BCUT2D eigenvalue weighted by molar-refractivity contribution is 6.17. The highest BCUT2D eigenvalue weighted by atomic mass is 16.3. The number of furan rings is 1. The zero-order valence-electron chi connectivity index (χ0n) is 28.0. The van der Waals surface area contributed by atoms with Gasteiger partial charge >= 0.3 is 0 Å². The second-order valence-electron chi connectivity index (χ2n) is 13.5. The van der Waals surface area contributed by atoms with Crippen LogP contribution >= 0.6 is 0 Å². The fourth-order valence-electron chi connectivity index (χ4n) is 7.70. The average Bonchev–Trinajstić information content (AvgIpc) is 3.40. The summed E-state index contributed by atoms with van der Waals surface area (Å²) in [6.45, 7) is 2.39. The summed E-state index contributed by atoms with van der Waals surface area (Å²) in [6.07, 6.45) is 9.69. The summed E-state index contributed by atoms with van der Waals surface area (Å²) < 4.78 is 41.4. The van der Waals surface area contributed by atoms with E-state index < -0.39 is 12.7 Å². The minimum absolute atomic E-state index is 0.205. The number of rotatable bonds is 2. The lowest BCUT2D eigenvalue weighted by atomic mass is 9.58. The van der Waals surface area contributed by atoms with E-state index in [0.717, 1.165) is 51.1 Å². The Morgan fingerprint density at radius 2 is 1.56 bits per heavy atom. The van der Waals surface area contributed by atoms with Crippen LogP contribution in [0.2, 0.25) is 0 Å². The third kappa shape index (κ3) is 4.18. The molecular weight excluding hydrogens is 498 g/mol. The van der Waals surface area contributed by atoms with Gasteiger partial charge in [-0.05, 0) is 132 Å². The van der Waals surface area contributed by atoms with Crippen molar-refractivity contribution < 1.29 is 9.90 Å². The zero-order valence-corrected chi connectivity index (χ0v) is 24.0. The predicted molar refractivity (Wildman–Crippen MR) is 173 cm³/mol. The van der Waals surface area contributed by atoms with Crippen LogP contribution in [0.25, 0.3) is 54.7 Å². The minimum Gasteiger partial charge on any atom is -0.455 e. The molecule has 41 heavy (non-hydrogen) atoms. The number of aryl methyl sites for hydroxylation is 1. The van der Waals surface area contributed by atoms with Crippen molar-refractivity contribution >= 4 is 43.5 Å². The summed E-state index contributed by atoms with van der Waals surface area (Å²) in [6, 6.07) is 25.0. The quantitative estimate of drug-likeness (QED) is 0.204. The summed E-state index contributed by atoms with van der Waals surface area (Å²) in [5.74, 6) is -0.958. The van der Waals surface area contributed by atoms with Crippen LogP contribution in [0.1, 0.15) is 87.7 Å². The van der Waals surface area contributed by atoms with Gasteiger partial charge < -0.3 is 4.42 Å². The van der Waals surface area contributed by atoms with Gasteiger partial charge in [-0.25, -0.2) is 0 Å². The fourth-order valence-corrected chi connectivity index (χ4v) is 7.70. The molecule has 0 radical (unpaired) electrons. The van der Waals surface area contributed by atoms with Gasteiger partial charge in [0.2, 0.25) is 0 Å². The van der Waals surface area contributed by atoms with Crippen molar-refractivity contribution in [3.63, 3.8) is 0 Å². The largest absolute Gasteiger partial charge is 0.455 e. The van der Waals surface area contributed by atoms with Crippen LogP contribution in [-0.4, -0.2) is 4.98 Å². The maximum atomic E-state index is 9.72. The molecule has 2 fully saturated rings. The number of pyridine rings is 1. The van der Waals surface area contributed by atoms with Gasteiger partial charge in [0.25, 0.3) is 0 Å². The number of hydrogen-bond donors (Lipinski definition) is 0. The van der Waals surface area contributed by atoms with Gasteiger partial charge in [-0.15, -0.1) is 0 Å². The molecule has 0 N–H and O–H groups in total. The molecule has 0 amide bonds. The molecule has 206 valence electrons. The molecule has 0 atom stereocenters. The van der Waals surface area contributed by atoms with Crippen LogP contribution in [-0.2, 0) is 0 Å². The molecule has 2 aliphatic rings. The Morgan fingerprint density at radius 3 is 2.39 bits per heavy atom. The maximum absolute atomic E-state index is 9.72. The van der Waals surface area contributed by atoms with E-state index in [1.807, 2.05) is 18.2 Å². The van der Waals surface area contributed by atoms with E-state index >= 15 is 0 Å². The van der Waals surface area contributed by atoms with Gasteiger partial charge in [0, 0.05) is 28.0 Å². The van der Waals surface area contributed by atoms with Crippen LogP contribution in [0.3, 0.4) is 0 Å². The van der Waals surface area contributed by atoms with Crippen molar-refractivity contribution in [2.75, 3.05) is 0 Å². The predicted octanol–water partition coefficient (Wildman–Crippen LogP) is 11.5. The van der Waals surface area contributed by atoms with E-state index in [9.17, 15) is 1.37 Å². The molecule has 2 heteroatoms. The standard InChI is InChI=1S/C39H39NO/c1-25-24-40-35(22-32(25)27-13-15-39(16-14-27)19-17-38(2,3)18-20-39)31-10-6-9-30-34-21-28-12-11-26-7-4-5-8-29(26)33(28)23-36(34)41-37(30)31/h4-12,21-24,27H,13-20H2,1-3H3/i1D3,27D. The van der Waals surface area contributed by atoms with Crippen molar-refractivity contribution in [1.82, 2.24) is 4.98 Å². The molecule has 2 heterocycles. The molecule has 0 bridgehead atoms. The Kier molecular flexibility index (Phi) is 4.73. The second-order valence-corrected chi connectivity index (χ2v) is 13.5. The van der Waals surface area contributed by atoms with Gasteiger partial charge in [-0.1, -0.05) is 62.4 Å². The first-order valence-electron chi connectivity index (χ1n) is 17.2. The molecule has 4 aromatic carbocycles. The molecular formula is C39H39NO. The first kappa shape index (κ1) is 21.1. The van der Waals surface area contributed by atoms with E-state index in [1.54, 1.807) is 0 Å². The lowest BCUT2D eigenvalue weighted by molar-refractivity contribution is 0.0584. The molecule has 0 unspecified atom stereocenters. The van der Waals surface area contributed by atoms with E-state index in [4.69, 9.17) is 13.5 Å². The summed E-state index contributed by atoms with van der Waals surface area (Å²) in [5, 5.41) is 6.73. The average molecular weight is 542 g/mol. The highest BCUT2D eigenvalue weighted by Gasteiger charge is 2.41. The Labute approximate surface area is 248 Å². The van der Waals surface area contributed by atoms with Crippen molar-refractivity contribution in [3.8, 4) is 11.3 Å². The van der Waals surface area contributed by atoms with E-state index in [-0.39, 0.29) is 5.56 Å². The molecule has 2 saturated carbocycles. The maximum Gasteiger partial charge on any atom is 0.144 e. The molecule has 0 saturated heterocycles. The Hall–Kier alpha value is -3.65. The van der Waals surface area contributed by atoms with Crippen LogP contribution in [0.4, 0.5) is 0 Å². The number of fused-ring (bicyclic) bond motifs is 6. The van der Waals surface area contributed by atoms with Gasteiger partial charge in [-0.2, -0.15) is 0 Å². The second kappa shape index (κ2) is 9.18. The highest BCUT2D eigenvalue weighted by Crippen LogP contribution is 2.55. The fraction of sp³-hybridized carbons (Fsp3) is 0.359. The van der Waals surface area contributed by atoms with Crippen molar-refractivity contribution in [1.29, 1.82) is 0 Å². The molecule has 6 aromatic rings. The number of benzene rings is 4. The minimum atomic E-state index is -2.34. The molecule has 1 spiro atoms. The van der Waals surface area contributed by atoms with Crippen LogP contribution in [0, 0.1) is 17.7 Å². The molecule has 2 nitrogen and oxygen atoms in total. The molecule has 0 aliphatic heterocycles. The number of aromatic nitrogens is 1. The monoisotopic (exact) mass is 541 g/mol. The molecule has 8 rings (SSSR count). The summed E-state index contributed by atoms with van der Waals surface area (Å²) in [5.41, 5.74) is 4.52. The smallest absolute Gasteiger partial charge is 0.144 e. The zero-order chi connectivity index (χ0) is 31.2. The number of nitrogens with zero attached hydrogens (tertiary/aromatic N) is 1. The topological polar surface area (TPSA) is 26.0 Å². The first-order valence-corrected chi connectivity index (χ1v) is 15.2. The van der Waals surface area contributed by atoms with Gasteiger partial charge in [-0.3, -0.25) is 4.98 Å². The number of hydrogen-bond acceptors (Lipinski definition) is 2. The third-order valence-electron chi connectivity index (χ3n) is 10.5. The van der Waals surface area contributed by atoms with E-state index in [0.29, 0.717) is 34.9 Å². The van der Waals surface area contributed by atoms with Crippen LogP contribution in [0.5, 0.6) is 0 Å². The van der Waals surface area contributed by atoms with E-state index in [1.165, 1.54) is 42.7 Å². The van der Waals surface area contributed by atoms with Crippen LogP contribution in [0.15, 0.2) is 83.4 Å². The molecule has 2 aliphatic carbocycles. The first-order chi connectivity index (χ1) is 21.4. The van der Waals surface area contributed by atoms with Crippen LogP contribution < -0.4 is 0 Å². The van der Waals surface area contributed by atoms with Crippen molar-refractivity contribution in [2.24, 2.45) is 10.8 Å². The normalized spacial score (nSPS) is 21.6. The summed E-state index contributed by atoms with van der Waals surface area (Å²) in [4.78, 5) is 4.71. The number of para-hydroxylation sites is 1.